The molecule has 2 aromatic carbocycles. The van der Waals surface area contributed by atoms with Gasteiger partial charge in [-0.05, 0) is 48.2 Å². The fourth-order valence-corrected chi connectivity index (χ4v) is 3.20. The summed E-state index contributed by atoms with van der Waals surface area (Å²) in [7, 11) is 0. The summed E-state index contributed by atoms with van der Waals surface area (Å²) < 4.78 is 0. The van der Waals surface area contributed by atoms with Crippen LogP contribution in [0.3, 0.4) is 0 Å². The Hall–Kier alpha value is -1.84. The highest BCUT2D eigenvalue weighted by molar-refractivity contribution is 6.30. The first-order valence-corrected chi connectivity index (χ1v) is 8.67. The van der Waals surface area contributed by atoms with E-state index in [9.17, 15) is 4.79 Å². The average Bonchev–Trinajstić information content (AvgIpc) is 2.60. The maximum atomic E-state index is 11.1. The molecule has 4 heteroatoms. The van der Waals surface area contributed by atoms with Crippen LogP contribution >= 0.6 is 11.6 Å². The van der Waals surface area contributed by atoms with Gasteiger partial charge in [-0.2, -0.15) is 0 Å². The van der Waals surface area contributed by atoms with Gasteiger partial charge >= 0.3 is 5.97 Å². The number of halogens is 1. The zero-order valence-electron chi connectivity index (χ0n) is 14.2. The van der Waals surface area contributed by atoms with Crippen LogP contribution in [0.4, 0.5) is 0 Å². The Kier molecular flexibility index (Phi) is 6.41. The lowest BCUT2D eigenvalue weighted by molar-refractivity contribution is 0.0696. The molecule has 0 saturated carbocycles. The molecule has 0 amide bonds. The van der Waals surface area contributed by atoms with Gasteiger partial charge in [0, 0.05) is 23.5 Å². The van der Waals surface area contributed by atoms with Crippen molar-refractivity contribution >= 4 is 17.6 Å². The first kappa shape index (κ1) is 18.5. The summed E-state index contributed by atoms with van der Waals surface area (Å²) in [6, 6.07) is 15.1. The SMILES string of the molecule is CCC(CC)(CNCc1cccc(C(=O)O)c1)c1ccc(Cl)cc1. The molecule has 0 heterocycles. The van der Waals surface area contributed by atoms with Crippen molar-refractivity contribution in [3.63, 3.8) is 0 Å². The number of carboxylic acid groups (broad SMARTS) is 1. The van der Waals surface area contributed by atoms with E-state index >= 15 is 0 Å². The Morgan fingerprint density at radius 3 is 2.38 bits per heavy atom. The standard InChI is InChI=1S/C20H24ClNO2/c1-3-20(4-2,17-8-10-18(21)11-9-17)14-22-13-15-6-5-7-16(12-15)19(23)24/h5-12,22H,3-4,13-14H2,1-2H3,(H,23,24). The zero-order chi connectivity index (χ0) is 17.6. The van der Waals surface area contributed by atoms with E-state index in [2.05, 4.69) is 31.3 Å². The highest BCUT2D eigenvalue weighted by atomic mass is 35.5. The van der Waals surface area contributed by atoms with E-state index in [1.807, 2.05) is 18.2 Å². The molecule has 2 rings (SSSR count). The Morgan fingerprint density at radius 2 is 1.79 bits per heavy atom. The van der Waals surface area contributed by atoms with Crippen molar-refractivity contribution in [2.24, 2.45) is 0 Å². The summed E-state index contributed by atoms with van der Waals surface area (Å²) in [4.78, 5) is 11.1. The minimum Gasteiger partial charge on any atom is -0.478 e. The molecular weight excluding hydrogens is 322 g/mol. The van der Waals surface area contributed by atoms with Gasteiger partial charge in [-0.1, -0.05) is 49.7 Å². The number of benzene rings is 2. The first-order chi connectivity index (χ1) is 11.5. The van der Waals surface area contributed by atoms with Crippen molar-refractivity contribution in [2.45, 2.75) is 38.6 Å². The van der Waals surface area contributed by atoms with Gasteiger partial charge in [0.1, 0.15) is 0 Å². The lowest BCUT2D eigenvalue weighted by Crippen LogP contribution is -2.37. The third-order valence-electron chi connectivity index (χ3n) is 4.78. The van der Waals surface area contributed by atoms with Crippen molar-refractivity contribution in [2.75, 3.05) is 6.54 Å². The molecule has 2 aromatic rings. The summed E-state index contributed by atoms with van der Waals surface area (Å²) >= 11 is 6.01. The molecule has 24 heavy (non-hydrogen) atoms. The van der Waals surface area contributed by atoms with Gasteiger partial charge in [-0.25, -0.2) is 4.79 Å². The van der Waals surface area contributed by atoms with Crippen molar-refractivity contribution in [1.82, 2.24) is 5.32 Å². The van der Waals surface area contributed by atoms with Crippen LogP contribution in [0, 0.1) is 0 Å². The Labute approximate surface area is 148 Å². The van der Waals surface area contributed by atoms with Gasteiger partial charge in [0.15, 0.2) is 0 Å². The fourth-order valence-electron chi connectivity index (χ4n) is 3.07. The molecule has 0 unspecified atom stereocenters. The second-order valence-corrected chi connectivity index (χ2v) is 6.54. The van der Waals surface area contributed by atoms with Crippen LogP contribution < -0.4 is 5.32 Å². The van der Waals surface area contributed by atoms with E-state index in [1.54, 1.807) is 18.2 Å². The van der Waals surface area contributed by atoms with E-state index in [4.69, 9.17) is 16.7 Å². The molecule has 0 fully saturated rings. The van der Waals surface area contributed by atoms with Crippen molar-refractivity contribution in [1.29, 1.82) is 0 Å². The van der Waals surface area contributed by atoms with Crippen LogP contribution in [0.2, 0.25) is 5.02 Å². The summed E-state index contributed by atoms with van der Waals surface area (Å²) in [5, 5.41) is 13.3. The molecule has 0 aliphatic rings. The molecule has 3 nitrogen and oxygen atoms in total. The van der Waals surface area contributed by atoms with E-state index in [0.717, 1.165) is 30.0 Å². The minimum absolute atomic E-state index is 0.0506. The van der Waals surface area contributed by atoms with Crippen LogP contribution in [0.1, 0.15) is 48.2 Å². The predicted octanol–water partition coefficient (Wildman–Crippen LogP) is 4.89. The number of carbonyl (C=O) groups is 1. The van der Waals surface area contributed by atoms with Gasteiger partial charge in [0.05, 0.1) is 5.56 Å². The Bertz CT molecular complexity index is 678. The molecular formula is C20H24ClNO2. The molecule has 0 aliphatic heterocycles. The smallest absolute Gasteiger partial charge is 0.335 e. The number of rotatable bonds is 8. The van der Waals surface area contributed by atoms with Crippen molar-refractivity contribution in [3.8, 4) is 0 Å². The molecule has 0 saturated heterocycles. The number of aromatic carboxylic acids is 1. The number of hydrogen-bond acceptors (Lipinski definition) is 2. The zero-order valence-corrected chi connectivity index (χ0v) is 14.9. The second kappa shape index (κ2) is 8.32. The third-order valence-corrected chi connectivity index (χ3v) is 5.03. The summed E-state index contributed by atoms with van der Waals surface area (Å²) in [6.07, 6.45) is 2.04. The van der Waals surface area contributed by atoms with E-state index in [0.29, 0.717) is 12.1 Å². The van der Waals surface area contributed by atoms with Gasteiger partial charge in [-0.15, -0.1) is 0 Å². The monoisotopic (exact) mass is 345 g/mol. The van der Waals surface area contributed by atoms with Gasteiger partial charge in [-0.3, -0.25) is 0 Å². The van der Waals surface area contributed by atoms with Gasteiger partial charge < -0.3 is 10.4 Å². The summed E-state index contributed by atoms with van der Waals surface area (Å²) in [5.74, 6) is -0.894. The van der Waals surface area contributed by atoms with Crippen LogP contribution in [-0.4, -0.2) is 17.6 Å². The molecule has 0 atom stereocenters. The van der Waals surface area contributed by atoms with E-state index in [1.165, 1.54) is 5.56 Å². The van der Waals surface area contributed by atoms with Crippen LogP contribution in [0.15, 0.2) is 48.5 Å². The maximum Gasteiger partial charge on any atom is 0.335 e. The lowest BCUT2D eigenvalue weighted by Gasteiger charge is -2.33. The molecule has 0 radical (unpaired) electrons. The number of carboxylic acids is 1. The molecule has 0 spiro atoms. The van der Waals surface area contributed by atoms with Crippen LogP contribution in [0.5, 0.6) is 0 Å². The highest BCUT2D eigenvalue weighted by Gasteiger charge is 2.27. The Balaban J connectivity index is 2.08. The lowest BCUT2D eigenvalue weighted by atomic mass is 9.76. The quantitative estimate of drug-likeness (QED) is 0.716. The molecule has 0 aliphatic carbocycles. The molecule has 0 bridgehead atoms. The average molecular weight is 346 g/mol. The van der Waals surface area contributed by atoms with E-state index < -0.39 is 5.97 Å². The van der Waals surface area contributed by atoms with Crippen molar-refractivity contribution in [3.05, 3.63) is 70.2 Å². The normalized spacial score (nSPS) is 11.5. The highest BCUT2D eigenvalue weighted by Crippen LogP contribution is 2.32. The van der Waals surface area contributed by atoms with Gasteiger partial charge in [0.2, 0.25) is 0 Å². The van der Waals surface area contributed by atoms with Gasteiger partial charge in [0.25, 0.3) is 0 Å². The summed E-state index contributed by atoms with van der Waals surface area (Å²) in [5.41, 5.74) is 2.63. The topological polar surface area (TPSA) is 49.3 Å². The van der Waals surface area contributed by atoms with Crippen LogP contribution in [0.25, 0.3) is 0 Å². The maximum absolute atomic E-state index is 11.1. The first-order valence-electron chi connectivity index (χ1n) is 8.29. The largest absolute Gasteiger partial charge is 0.478 e. The summed E-state index contributed by atoms with van der Waals surface area (Å²) in [6.45, 7) is 5.88. The van der Waals surface area contributed by atoms with Crippen LogP contribution in [-0.2, 0) is 12.0 Å². The third kappa shape index (κ3) is 4.37. The Morgan fingerprint density at radius 1 is 1.12 bits per heavy atom. The fraction of sp³-hybridized carbons (Fsp3) is 0.350. The van der Waals surface area contributed by atoms with Crippen molar-refractivity contribution < 1.29 is 9.90 Å². The second-order valence-electron chi connectivity index (χ2n) is 6.10. The molecule has 128 valence electrons. The minimum atomic E-state index is -0.894. The van der Waals surface area contributed by atoms with E-state index in [-0.39, 0.29) is 5.41 Å². The number of hydrogen-bond donors (Lipinski definition) is 2. The number of nitrogens with one attached hydrogen (secondary N) is 1. The molecule has 0 aromatic heterocycles. The molecule has 2 N–H and O–H groups in total. The predicted molar refractivity (Wildman–Crippen MR) is 98.8 cm³/mol.